The molecule has 4 rings (SSSR count). The zero-order valence-corrected chi connectivity index (χ0v) is 18.0. The van der Waals surface area contributed by atoms with Crippen LogP contribution in [0.5, 0.6) is 17.2 Å². The van der Waals surface area contributed by atoms with Gasteiger partial charge >= 0.3 is 0 Å². The van der Waals surface area contributed by atoms with Crippen molar-refractivity contribution in [3.8, 4) is 28.4 Å². The summed E-state index contributed by atoms with van der Waals surface area (Å²) in [5.74, 6) is 0.308. The van der Waals surface area contributed by atoms with Crippen LogP contribution in [0.15, 0.2) is 51.4 Å². The van der Waals surface area contributed by atoms with Crippen molar-refractivity contribution in [2.24, 2.45) is 0 Å². The molecule has 0 fully saturated rings. The van der Waals surface area contributed by atoms with Crippen molar-refractivity contribution in [2.45, 2.75) is 52.2 Å². The fraction of sp³-hybridized carbons (Fsp3) is 0.320. The normalized spacial score (nSPS) is 17.1. The van der Waals surface area contributed by atoms with Gasteiger partial charge in [0.15, 0.2) is 0 Å². The molecule has 1 aliphatic rings. The summed E-state index contributed by atoms with van der Waals surface area (Å²) in [6.07, 6.45) is 3.22. The van der Waals surface area contributed by atoms with Crippen LogP contribution in [0.3, 0.4) is 0 Å². The predicted molar refractivity (Wildman–Crippen MR) is 119 cm³/mol. The van der Waals surface area contributed by atoms with Crippen molar-refractivity contribution in [1.82, 2.24) is 0 Å². The van der Waals surface area contributed by atoms with E-state index in [9.17, 15) is 20.1 Å². The monoisotopic (exact) mass is 422 g/mol. The summed E-state index contributed by atoms with van der Waals surface area (Å²) >= 11 is 0. The fourth-order valence-corrected chi connectivity index (χ4v) is 3.79. The van der Waals surface area contributed by atoms with Gasteiger partial charge in [-0.25, -0.2) is 0 Å². The van der Waals surface area contributed by atoms with Crippen LogP contribution in [0.1, 0.15) is 38.8 Å². The smallest absolute Gasteiger partial charge is 0.204 e. The van der Waals surface area contributed by atoms with Crippen molar-refractivity contribution >= 4 is 11.0 Å². The van der Waals surface area contributed by atoms with E-state index in [2.05, 4.69) is 0 Å². The van der Waals surface area contributed by atoms with Crippen LogP contribution in [0.4, 0.5) is 0 Å². The molecule has 0 amide bonds. The number of rotatable bonds is 3. The molecule has 2 aromatic carbocycles. The van der Waals surface area contributed by atoms with Crippen LogP contribution in [0.2, 0.25) is 0 Å². The number of phenolic OH excluding ortho intramolecular Hbond substituents is 2. The Morgan fingerprint density at radius 2 is 1.97 bits per heavy atom. The lowest BCUT2D eigenvalue weighted by atomic mass is 9.89. The maximum Gasteiger partial charge on any atom is 0.204 e. The number of ether oxygens (including phenoxy) is 1. The summed E-state index contributed by atoms with van der Waals surface area (Å²) in [5.41, 5.74) is 2.06. The summed E-state index contributed by atoms with van der Waals surface area (Å²) in [5, 5.41) is 31.5. The van der Waals surface area contributed by atoms with Gasteiger partial charge in [-0.15, -0.1) is 0 Å². The van der Waals surface area contributed by atoms with E-state index in [1.54, 1.807) is 38.1 Å². The lowest BCUT2D eigenvalue weighted by Crippen LogP contribution is -2.46. The minimum atomic E-state index is -0.826. The van der Waals surface area contributed by atoms with Crippen molar-refractivity contribution in [3.05, 3.63) is 63.5 Å². The highest BCUT2D eigenvalue weighted by Crippen LogP contribution is 2.42. The molecular weight excluding hydrogens is 396 g/mol. The summed E-state index contributed by atoms with van der Waals surface area (Å²) in [7, 11) is 0. The molecule has 0 radical (unpaired) electrons. The number of hydrogen-bond donors (Lipinski definition) is 3. The molecular formula is C25H26O6. The SMILES string of the molecule is CC(C)=CCc1cc(-c2coc3cc4c(c(O)c3c2=O)C[C@@H](O)C(C)(C)O4)ccc1O. The van der Waals surface area contributed by atoms with Gasteiger partial charge in [0.2, 0.25) is 5.43 Å². The fourth-order valence-electron chi connectivity index (χ4n) is 3.79. The van der Waals surface area contributed by atoms with Gasteiger partial charge in [-0.1, -0.05) is 17.7 Å². The molecule has 31 heavy (non-hydrogen) atoms. The molecule has 0 spiro atoms. The zero-order chi connectivity index (χ0) is 22.5. The number of phenols is 2. The summed E-state index contributed by atoms with van der Waals surface area (Å²) in [6.45, 7) is 7.48. The Labute approximate surface area is 180 Å². The van der Waals surface area contributed by atoms with E-state index < -0.39 is 11.7 Å². The number of aliphatic hydroxyl groups is 1. The van der Waals surface area contributed by atoms with Crippen LogP contribution < -0.4 is 10.2 Å². The largest absolute Gasteiger partial charge is 0.508 e. The van der Waals surface area contributed by atoms with Gasteiger partial charge in [-0.2, -0.15) is 0 Å². The molecule has 6 heteroatoms. The average molecular weight is 422 g/mol. The van der Waals surface area contributed by atoms with Crippen LogP contribution in [-0.2, 0) is 12.8 Å². The van der Waals surface area contributed by atoms with Crippen LogP contribution in [-0.4, -0.2) is 27.0 Å². The van der Waals surface area contributed by atoms with Gasteiger partial charge in [0.1, 0.15) is 40.1 Å². The topological polar surface area (TPSA) is 100 Å². The third-order valence-corrected chi connectivity index (χ3v) is 5.80. The Kier molecular flexibility index (Phi) is 5.06. The maximum atomic E-state index is 13.3. The van der Waals surface area contributed by atoms with Crippen LogP contribution in [0, 0.1) is 0 Å². The second-order valence-electron chi connectivity index (χ2n) is 8.81. The average Bonchev–Trinajstić information content (AvgIpc) is 2.69. The molecule has 0 saturated carbocycles. The van der Waals surface area contributed by atoms with Gasteiger partial charge in [-0.05, 0) is 57.4 Å². The van der Waals surface area contributed by atoms with Crippen molar-refractivity contribution in [3.63, 3.8) is 0 Å². The molecule has 3 N–H and O–H groups in total. The lowest BCUT2D eigenvalue weighted by molar-refractivity contribution is -0.0415. The number of hydrogen-bond acceptors (Lipinski definition) is 6. The molecule has 1 aromatic heterocycles. The third kappa shape index (κ3) is 3.68. The second-order valence-corrected chi connectivity index (χ2v) is 8.81. The minimum Gasteiger partial charge on any atom is -0.508 e. The number of aromatic hydroxyl groups is 2. The highest BCUT2D eigenvalue weighted by molar-refractivity contribution is 5.90. The van der Waals surface area contributed by atoms with Gasteiger partial charge in [0.05, 0.1) is 11.7 Å². The first kappa shape index (κ1) is 21.0. The first-order chi connectivity index (χ1) is 14.6. The van der Waals surface area contributed by atoms with Crippen molar-refractivity contribution in [1.29, 1.82) is 0 Å². The number of benzene rings is 2. The molecule has 0 unspecified atom stereocenters. The van der Waals surface area contributed by atoms with E-state index in [1.165, 1.54) is 6.26 Å². The highest BCUT2D eigenvalue weighted by atomic mass is 16.5. The predicted octanol–water partition coefficient (Wildman–Crippen LogP) is 4.45. The Hall–Kier alpha value is -3.25. The molecule has 2 heterocycles. The van der Waals surface area contributed by atoms with E-state index in [0.29, 0.717) is 28.9 Å². The first-order valence-corrected chi connectivity index (χ1v) is 10.2. The first-order valence-electron chi connectivity index (χ1n) is 10.2. The van der Waals surface area contributed by atoms with Crippen molar-refractivity contribution < 1.29 is 24.5 Å². The molecule has 6 nitrogen and oxygen atoms in total. The Balaban J connectivity index is 1.86. The van der Waals surface area contributed by atoms with E-state index in [-0.39, 0.29) is 39.9 Å². The summed E-state index contributed by atoms with van der Waals surface area (Å²) in [6, 6.07) is 6.52. The van der Waals surface area contributed by atoms with E-state index in [0.717, 1.165) is 5.57 Å². The summed E-state index contributed by atoms with van der Waals surface area (Å²) < 4.78 is 11.6. The molecule has 0 aliphatic carbocycles. The van der Waals surface area contributed by atoms with Gasteiger partial charge in [0, 0.05) is 18.1 Å². The Morgan fingerprint density at radius 3 is 2.68 bits per heavy atom. The summed E-state index contributed by atoms with van der Waals surface area (Å²) in [4.78, 5) is 13.3. The Bertz CT molecular complexity index is 1260. The highest BCUT2D eigenvalue weighted by Gasteiger charge is 2.38. The van der Waals surface area contributed by atoms with Gasteiger partial charge in [-0.3, -0.25) is 4.79 Å². The van der Waals surface area contributed by atoms with Crippen molar-refractivity contribution in [2.75, 3.05) is 0 Å². The van der Waals surface area contributed by atoms with E-state index in [4.69, 9.17) is 9.15 Å². The standard InChI is InChI=1S/C25H26O6/c1-13(2)5-6-15-9-14(7-8-18(15)26)17-12-30-20-11-19-16(23(28)22(20)24(17)29)10-21(27)25(3,4)31-19/h5,7-9,11-12,21,26-28H,6,10H2,1-4H3/t21-/m1/s1. The van der Waals surface area contributed by atoms with Crippen LogP contribution >= 0.6 is 0 Å². The second kappa shape index (κ2) is 7.46. The van der Waals surface area contributed by atoms with E-state index >= 15 is 0 Å². The quantitative estimate of drug-likeness (QED) is 0.539. The number of fused-ring (bicyclic) bond motifs is 2. The lowest BCUT2D eigenvalue weighted by Gasteiger charge is -2.37. The molecule has 162 valence electrons. The molecule has 1 aliphatic heterocycles. The molecule has 0 saturated heterocycles. The van der Waals surface area contributed by atoms with Crippen LogP contribution in [0.25, 0.3) is 22.1 Å². The molecule has 0 bridgehead atoms. The zero-order valence-electron chi connectivity index (χ0n) is 18.0. The number of allylic oxidation sites excluding steroid dienone is 2. The molecule has 3 aromatic rings. The third-order valence-electron chi connectivity index (χ3n) is 5.80. The molecule has 1 atom stereocenters. The minimum absolute atomic E-state index is 0.0469. The van der Waals surface area contributed by atoms with E-state index in [1.807, 2.05) is 19.9 Å². The Morgan fingerprint density at radius 1 is 1.23 bits per heavy atom. The van der Waals surface area contributed by atoms with Gasteiger partial charge in [0.25, 0.3) is 0 Å². The maximum absolute atomic E-state index is 13.3. The number of aliphatic hydroxyl groups excluding tert-OH is 1. The van der Waals surface area contributed by atoms with Gasteiger partial charge < -0.3 is 24.5 Å².